The Morgan fingerprint density at radius 3 is 2.43 bits per heavy atom. The van der Waals surface area contributed by atoms with E-state index in [1.54, 1.807) is 0 Å². The van der Waals surface area contributed by atoms with Crippen LogP contribution in [0.2, 0.25) is 0 Å². The van der Waals surface area contributed by atoms with E-state index in [9.17, 15) is 28.1 Å². The van der Waals surface area contributed by atoms with Crippen LogP contribution >= 0.6 is 35.7 Å². The lowest BCUT2D eigenvalue weighted by molar-refractivity contribution is -0.0463. The smallest absolute Gasteiger partial charge is 0.390 e. The molecule has 1 aliphatic heterocycles. The van der Waals surface area contributed by atoms with E-state index in [0.717, 1.165) is 10.8 Å². The molecule has 0 saturated carbocycles. The number of rotatable bonds is 8. The molecule has 7 N–H and O–H groups in total. The molecule has 2 rings (SSSR count). The normalized spacial score (nSPS) is 28.8. The predicted molar refractivity (Wildman–Crippen MR) is 96.3 cm³/mol. The molecule has 1 saturated heterocycles. The molecule has 2 heterocycles. The molecule has 1 aliphatic rings. The summed E-state index contributed by atoms with van der Waals surface area (Å²) in [7, 11) is -16.6. The van der Waals surface area contributed by atoms with E-state index in [0.29, 0.717) is 0 Å². The van der Waals surface area contributed by atoms with E-state index < -0.39 is 66.1 Å². The van der Waals surface area contributed by atoms with Crippen LogP contribution in [-0.2, 0) is 31.6 Å². The van der Waals surface area contributed by atoms with Gasteiger partial charge in [0, 0.05) is 12.1 Å². The minimum atomic E-state index is -5.69. The van der Waals surface area contributed by atoms with Gasteiger partial charge >= 0.3 is 23.5 Å². The molecule has 0 radical (unpaired) electrons. The second-order valence-electron chi connectivity index (χ2n) is 5.97. The molecular formula is C10H17FN3O12P3S. The minimum absolute atomic E-state index is 0.175. The molecule has 0 bridgehead atoms. The quantitative estimate of drug-likeness (QED) is 0.205. The van der Waals surface area contributed by atoms with Gasteiger partial charge in [-0.2, -0.15) is 13.6 Å². The third kappa shape index (κ3) is 6.68. The number of phosphoric acid groups is 3. The van der Waals surface area contributed by atoms with E-state index in [-0.39, 0.29) is 4.77 Å². The molecule has 6 atom stereocenters. The molecule has 0 aliphatic carbocycles. The van der Waals surface area contributed by atoms with Crippen LogP contribution in [0.25, 0.3) is 0 Å². The van der Waals surface area contributed by atoms with Crippen LogP contribution in [0.5, 0.6) is 0 Å². The van der Waals surface area contributed by atoms with Gasteiger partial charge < -0.3 is 35.2 Å². The predicted octanol–water partition coefficient (Wildman–Crippen LogP) is 0.572. The number of nitrogens with zero attached hydrogens (tertiary/aromatic N) is 2. The standard InChI is InChI=1S/C10H17FN3O12P3S/c1-4-7(15)6(24-9(4)14-2-5(11)8(12)13-10(14)30)3-23-28(19,20)26-29(21,22)25-27(16,17)18/h2,4,6-7,9,15H,3H2,1H3,(H,19,20)(H,21,22)(H2,12,13,30)(H2,16,17,18)/t4?,6-,7-,9-/m1/s1. The Morgan fingerprint density at radius 1 is 1.27 bits per heavy atom. The Hall–Kier alpha value is -0.640. The van der Waals surface area contributed by atoms with Crippen LogP contribution < -0.4 is 5.73 Å². The summed E-state index contributed by atoms with van der Waals surface area (Å²) >= 11 is 4.96. The first kappa shape index (κ1) is 25.6. The fraction of sp³-hybridized carbons (Fsp3) is 0.600. The summed E-state index contributed by atoms with van der Waals surface area (Å²) in [6.07, 6.45) is -2.85. The van der Waals surface area contributed by atoms with Crippen LogP contribution in [0.15, 0.2) is 6.20 Å². The topological polar surface area (TPSA) is 233 Å². The summed E-state index contributed by atoms with van der Waals surface area (Å²) < 4.78 is 65.3. The second-order valence-corrected chi connectivity index (χ2v) is 10.8. The maximum absolute atomic E-state index is 13.7. The molecule has 30 heavy (non-hydrogen) atoms. The Kier molecular flexibility index (Phi) is 7.75. The average Bonchev–Trinajstić information content (AvgIpc) is 2.81. The summed E-state index contributed by atoms with van der Waals surface area (Å²) in [6, 6.07) is 0. The van der Waals surface area contributed by atoms with Crippen LogP contribution in [0.1, 0.15) is 13.2 Å². The van der Waals surface area contributed by atoms with Gasteiger partial charge in [-0.3, -0.25) is 9.09 Å². The van der Waals surface area contributed by atoms with E-state index in [1.165, 1.54) is 6.92 Å². The van der Waals surface area contributed by atoms with Crippen LogP contribution in [-0.4, -0.2) is 53.0 Å². The molecule has 0 spiro atoms. The first-order chi connectivity index (χ1) is 13.5. The summed E-state index contributed by atoms with van der Waals surface area (Å²) in [4.78, 5) is 39.1. The number of phosphoric ester groups is 1. The van der Waals surface area contributed by atoms with Gasteiger partial charge in [-0.05, 0) is 12.2 Å². The summed E-state index contributed by atoms with van der Waals surface area (Å²) in [5, 5.41) is 10.3. The molecule has 3 unspecified atom stereocenters. The van der Waals surface area contributed by atoms with Crippen molar-refractivity contribution in [3.05, 3.63) is 16.8 Å². The minimum Gasteiger partial charge on any atom is -0.390 e. The SMILES string of the molecule is CC1[C@@H](O)[C@@H](COP(=O)(O)OP(=O)(O)OP(=O)(O)O)O[C@H]1n1cc(F)c(N)nc1=S. The zero-order valence-corrected chi connectivity index (χ0v) is 18.3. The number of hydrogen-bond acceptors (Lipinski definition) is 11. The lowest BCUT2D eigenvalue weighted by atomic mass is 10.0. The van der Waals surface area contributed by atoms with Crippen molar-refractivity contribution in [1.29, 1.82) is 0 Å². The fourth-order valence-corrected chi connectivity index (χ4v) is 5.74. The van der Waals surface area contributed by atoms with Crippen molar-refractivity contribution in [3.63, 3.8) is 0 Å². The summed E-state index contributed by atoms with van der Waals surface area (Å²) in [5.74, 6) is -2.12. The van der Waals surface area contributed by atoms with Crippen molar-refractivity contribution in [2.45, 2.75) is 25.4 Å². The molecular weight excluding hydrogens is 498 g/mol. The zero-order valence-electron chi connectivity index (χ0n) is 14.8. The molecule has 0 amide bonds. The number of nitrogen functional groups attached to an aromatic ring is 1. The number of halogens is 1. The molecule has 20 heteroatoms. The number of ether oxygens (including phenoxy) is 1. The van der Waals surface area contributed by atoms with Gasteiger partial charge in [0.25, 0.3) is 0 Å². The summed E-state index contributed by atoms with van der Waals surface area (Å²) in [6.45, 7) is 0.597. The Balaban J connectivity index is 2.09. The Bertz CT molecular complexity index is 1000. The van der Waals surface area contributed by atoms with E-state index in [4.69, 9.17) is 37.4 Å². The number of aliphatic hydroxyl groups is 1. The largest absolute Gasteiger partial charge is 0.490 e. The van der Waals surface area contributed by atoms with E-state index in [1.807, 2.05) is 0 Å². The monoisotopic (exact) mass is 515 g/mol. The van der Waals surface area contributed by atoms with Gasteiger partial charge in [0.2, 0.25) is 4.77 Å². The number of hydrogen-bond donors (Lipinski definition) is 6. The van der Waals surface area contributed by atoms with Crippen molar-refractivity contribution in [2.24, 2.45) is 5.92 Å². The third-order valence-corrected chi connectivity index (χ3v) is 7.81. The third-order valence-electron chi connectivity index (χ3n) is 3.71. The molecule has 15 nitrogen and oxygen atoms in total. The van der Waals surface area contributed by atoms with E-state index >= 15 is 0 Å². The second kappa shape index (κ2) is 9.08. The summed E-state index contributed by atoms with van der Waals surface area (Å²) in [5.41, 5.74) is 5.31. The van der Waals surface area contributed by atoms with Gasteiger partial charge in [-0.15, -0.1) is 0 Å². The van der Waals surface area contributed by atoms with Gasteiger partial charge in [-0.25, -0.2) is 18.1 Å². The maximum Gasteiger partial charge on any atom is 0.490 e. The first-order valence-electron chi connectivity index (χ1n) is 7.67. The van der Waals surface area contributed by atoms with Crippen molar-refractivity contribution < 1.29 is 60.6 Å². The van der Waals surface area contributed by atoms with Crippen LogP contribution in [0.4, 0.5) is 10.2 Å². The lowest BCUT2D eigenvalue weighted by Crippen LogP contribution is -2.29. The molecule has 1 fully saturated rings. The first-order valence-corrected chi connectivity index (χ1v) is 12.6. The highest BCUT2D eigenvalue weighted by Crippen LogP contribution is 2.66. The van der Waals surface area contributed by atoms with Crippen molar-refractivity contribution in [1.82, 2.24) is 9.55 Å². The van der Waals surface area contributed by atoms with Crippen molar-refractivity contribution in [3.8, 4) is 0 Å². The van der Waals surface area contributed by atoms with Gasteiger partial charge in [0.1, 0.15) is 12.3 Å². The van der Waals surface area contributed by atoms with Gasteiger partial charge in [-0.1, -0.05) is 6.92 Å². The highest BCUT2D eigenvalue weighted by atomic mass is 32.1. The highest BCUT2D eigenvalue weighted by molar-refractivity contribution is 7.71. The molecule has 0 aromatic carbocycles. The van der Waals surface area contributed by atoms with Gasteiger partial charge in [0.15, 0.2) is 11.6 Å². The number of aliphatic hydroxyl groups excluding tert-OH is 1. The van der Waals surface area contributed by atoms with Crippen molar-refractivity contribution in [2.75, 3.05) is 12.3 Å². The maximum atomic E-state index is 13.7. The van der Waals surface area contributed by atoms with Gasteiger partial charge in [0.05, 0.1) is 12.7 Å². The number of aromatic nitrogens is 2. The number of nitrogens with two attached hydrogens (primary N) is 1. The number of anilines is 1. The van der Waals surface area contributed by atoms with Crippen LogP contribution in [0, 0.1) is 16.5 Å². The average molecular weight is 515 g/mol. The Morgan fingerprint density at radius 2 is 1.87 bits per heavy atom. The molecule has 172 valence electrons. The zero-order chi connectivity index (χ0) is 23.1. The fourth-order valence-electron chi connectivity index (χ4n) is 2.46. The van der Waals surface area contributed by atoms with Crippen molar-refractivity contribution >= 4 is 41.5 Å². The molecule has 1 aromatic rings. The Labute approximate surface area is 172 Å². The van der Waals surface area contributed by atoms with E-state index in [2.05, 4.69) is 18.1 Å². The lowest BCUT2D eigenvalue weighted by Gasteiger charge is -2.20. The highest BCUT2D eigenvalue weighted by Gasteiger charge is 2.45. The molecule has 1 aromatic heterocycles. The van der Waals surface area contributed by atoms with Crippen LogP contribution in [0.3, 0.4) is 0 Å².